The fourth-order valence-corrected chi connectivity index (χ4v) is 5.32. The molecule has 1 amide bonds. The van der Waals surface area contributed by atoms with Crippen LogP contribution in [-0.2, 0) is 24.3 Å². The number of aryl methyl sites for hydroxylation is 1. The van der Waals surface area contributed by atoms with Gasteiger partial charge in [-0.2, -0.15) is 0 Å². The van der Waals surface area contributed by atoms with E-state index in [9.17, 15) is 9.90 Å². The Labute approximate surface area is 226 Å². The summed E-state index contributed by atoms with van der Waals surface area (Å²) in [6.07, 6.45) is 5.48. The molecule has 202 valence electrons. The average molecular weight is 529 g/mol. The standard InChI is InChI=1S/C28H32N8O3/c37-23(34-28(38)39-16-19-5-2-1-3-6-19)15-36-18-32-24-26(30-17-31-27(24)36)35-13-10-20(11-14-35)22-9-8-21-7-4-12-29-25(21)33-22/h1-3,5-6,8-9,17-18,20,23,37H,4,7,10-16H2,(H,29,33)(H,34,38). The zero-order valence-electron chi connectivity index (χ0n) is 21.7. The van der Waals surface area contributed by atoms with E-state index in [1.54, 1.807) is 10.9 Å². The Morgan fingerprint density at radius 3 is 2.82 bits per heavy atom. The second-order valence-electron chi connectivity index (χ2n) is 10.0. The van der Waals surface area contributed by atoms with Crippen molar-refractivity contribution in [2.75, 3.05) is 29.9 Å². The van der Waals surface area contributed by atoms with Crippen molar-refractivity contribution in [3.05, 3.63) is 71.9 Å². The van der Waals surface area contributed by atoms with Crippen molar-refractivity contribution < 1.29 is 14.6 Å². The maximum Gasteiger partial charge on any atom is 0.409 e. The first-order chi connectivity index (χ1) is 19.1. The predicted molar refractivity (Wildman–Crippen MR) is 146 cm³/mol. The number of piperidine rings is 1. The van der Waals surface area contributed by atoms with Crippen LogP contribution in [-0.4, -0.2) is 61.6 Å². The van der Waals surface area contributed by atoms with E-state index in [-0.39, 0.29) is 13.2 Å². The van der Waals surface area contributed by atoms with Gasteiger partial charge in [-0.15, -0.1) is 0 Å². The first-order valence-electron chi connectivity index (χ1n) is 13.4. The lowest BCUT2D eigenvalue weighted by Gasteiger charge is -2.33. The van der Waals surface area contributed by atoms with Gasteiger partial charge < -0.3 is 24.6 Å². The van der Waals surface area contributed by atoms with Crippen LogP contribution < -0.4 is 15.5 Å². The van der Waals surface area contributed by atoms with Crippen LogP contribution in [0.2, 0.25) is 0 Å². The van der Waals surface area contributed by atoms with E-state index in [4.69, 9.17) is 9.72 Å². The Bertz CT molecular complexity index is 1440. The van der Waals surface area contributed by atoms with Gasteiger partial charge in [0.2, 0.25) is 0 Å². The lowest BCUT2D eigenvalue weighted by Crippen LogP contribution is -2.38. The summed E-state index contributed by atoms with van der Waals surface area (Å²) >= 11 is 0. The molecule has 1 aromatic carbocycles. The molecule has 4 aromatic rings. The molecule has 0 spiro atoms. The number of amides is 1. The highest BCUT2D eigenvalue weighted by Crippen LogP contribution is 2.32. The summed E-state index contributed by atoms with van der Waals surface area (Å²) in [5.74, 6) is 2.24. The molecule has 1 atom stereocenters. The highest BCUT2D eigenvalue weighted by molar-refractivity contribution is 5.83. The quantitative estimate of drug-likeness (QED) is 0.310. The van der Waals surface area contributed by atoms with Gasteiger partial charge in [0.1, 0.15) is 25.0 Å². The number of pyridine rings is 1. The number of carbonyl (C=O) groups is 1. The Morgan fingerprint density at radius 2 is 1.97 bits per heavy atom. The molecule has 6 rings (SSSR count). The normalized spacial score (nSPS) is 16.4. The molecule has 11 heteroatoms. The molecule has 3 N–H and O–H groups in total. The maximum absolute atomic E-state index is 12.1. The fourth-order valence-electron chi connectivity index (χ4n) is 5.32. The monoisotopic (exact) mass is 528 g/mol. The summed E-state index contributed by atoms with van der Waals surface area (Å²) in [5, 5.41) is 16.3. The average Bonchev–Trinajstić information content (AvgIpc) is 3.39. The fraction of sp³-hybridized carbons (Fsp3) is 0.393. The van der Waals surface area contributed by atoms with Gasteiger partial charge in [-0.25, -0.2) is 24.7 Å². The number of benzene rings is 1. The number of carbonyl (C=O) groups excluding carboxylic acids is 1. The van der Waals surface area contributed by atoms with Crippen LogP contribution in [0.4, 0.5) is 16.4 Å². The van der Waals surface area contributed by atoms with E-state index in [1.807, 2.05) is 30.3 Å². The van der Waals surface area contributed by atoms with Gasteiger partial charge in [-0.3, -0.25) is 5.32 Å². The number of rotatable bonds is 7. The largest absolute Gasteiger partial charge is 0.445 e. The highest BCUT2D eigenvalue weighted by Gasteiger charge is 2.26. The summed E-state index contributed by atoms with van der Waals surface area (Å²) in [4.78, 5) is 32.8. The second kappa shape index (κ2) is 11.2. The minimum atomic E-state index is -1.17. The number of hydrogen-bond acceptors (Lipinski definition) is 9. The highest BCUT2D eigenvalue weighted by atomic mass is 16.6. The van der Waals surface area contributed by atoms with Gasteiger partial charge in [0.25, 0.3) is 0 Å². The molecule has 1 unspecified atom stereocenters. The van der Waals surface area contributed by atoms with Crippen molar-refractivity contribution in [1.82, 2.24) is 29.8 Å². The third-order valence-electron chi connectivity index (χ3n) is 7.38. The van der Waals surface area contributed by atoms with Crippen LogP contribution in [0, 0.1) is 0 Å². The number of imidazole rings is 1. The molecule has 0 saturated carbocycles. The van der Waals surface area contributed by atoms with E-state index >= 15 is 0 Å². The maximum atomic E-state index is 12.1. The number of hydrogen-bond donors (Lipinski definition) is 3. The van der Waals surface area contributed by atoms with E-state index < -0.39 is 12.3 Å². The molecule has 39 heavy (non-hydrogen) atoms. The number of nitrogens with zero attached hydrogens (tertiary/aromatic N) is 6. The van der Waals surface area contributed by atoms with Crippen LogP contribution in [0.5, 0.6) is 0 Å². The van der Waals surface area contributed by atoms with Crippen molar-refractivity contribution in [2.45, 2.75) is 51.0 Å². The number of nitrogens with one attached hydrogen (secondary N) is 2. The number of anilines is 2. The van der Waals surface area contributed by atoms with Crippen LogP contribution in [0.1, 0.15) is 42.0 Å². The minimum Gasteiger partial charge on any atom is -0.445 e. The Hall–Kier alpha value is -4.25. The Kier molecular flexibility index (Phi) is 7.22. The van der Waals surface area contributed by atoms with Crippen molar-refractivity contribution >= 4 is 28.9 Å². The smallest absolute Gasteiger partial charge is 0.409 e. The zero-order chi connectivity index (χ0) is 26.6. The molecule has 5 heterocycles. The van der Waals surface area contributed by atoms with Crippen LogP contribution in [0.25, 0.3) is 11.2 Å². The molecule has 0 bridgehead atoms. The number of aliphatic hydroxyl groups is 1. The van der Waals surface area contributed by atoms with Gasteiger partial charge in [0.05, 0.1) is 12.9 Å². The first kappa shape index (κ1) is 25.1. The van der Waals surface area contributed by atoms with E-state index in [0.29, 0.717) is 17.1 Å². The molecule has 0 aliphatic carbocycles. The number of alkyl carbamates (subject to hydrolysis) is 1. The molecule has 0 radical (unpaired) electrons. The number of ether oxygens (including phenoxy) is 1. The lowest BCUT2D eigenvalue weighted by molar-refractivity contribution is 0.0863. The second-order valence-corrected chi connectivity index (χ2v) is 10.0. The van der Waals surface area contributed by atoms with E-state index in [0.717, 1.165) is 68.2 Å². The Morgan fingerprint density at radius 1 is 1.13 bits per heavy atom. The predicted octanol–water partition coefficient (Wildman–Crippen LogP) is 3.21. The number of aromatic nitrogens is 5. The summed E-state index contributed by atoms with van der Waals surface area (Å²) in [6.45, 7) is 2.87. The van der Waals surface area contributed by atoms with Gasteiger partial charge in [-0.1, -0.05) is 36.4 Å². The first-order valence-corrected chi connectivity index (χ1v) is 13.4. The van der Waals surface area contributed by atoms with Crippen molar-refractivity contribution in [2.24, 2.45) is 0 Å². The van der Waals surface area contributed by atoms with Crippen LogP contribution in [0.15, 0.2) is 55.1 Å². The topological polar surface area (TPSA) is 130 Å². The van der Waals surface area contributed by atoms with Crippen LogP contribution >= 0.6 is 0 Å². The third kappa shape index (κ3) is 5.63. The summed E-state index contributed by atoms with van der Waals surface area (Å²) in [7, 11) is 0. The minimum absolute atomic E-state index is 0.0769. The Balaban J connectivity index is 1.07. The van der Waals surface area contributed by atoms with Gasteiger partial charge >= 0.3 is 6.09 Å². The van der Waals surface area contributed by atoms with Gasteiger partial charge in [-0.05, 0) is 42.9 Å². The van der Waals surface area contributed by atoms with Crippen molar-refractivity contribution in [1.29, 1.82) is 0 Å². The van der Waals surface area contributed by atoms with Crippen LogP contribution in [0.3, 0.4) is 0 Å². The lowest BCUT2D eigenvalue weighted by atomic mass is 9.92. The molecule has 3 aromatic heterocycles. The molecule has 1 saturated heterocycles. The third-order valence-corrected chi connectivity index (χ3v) is 7.38. The summed E-state index contributed by atoms with van der Waals surface area (Å²) in [6, 6.07) is 13.8. The number of fused-ring (bicyclic) bond motifs is 2. The van der Waals surface area contributed by atoms with Gasteiger partial charge in [0, 0.05) is 31.2 Å². The molecular formula is C28H32N8O3. The van der Waals surface area contributed by atoms with Gasteiger partial charge in [0.15, 0.2) is 17.0 Å². The zero-order valence-corrected chi connectivity index (χ0v) is 21.7. The molecule has 2 aliphatic heterocycles. The summed E-state index contributed by atoms with van der Waals surface area (Å²) in [5.41, 5.74) is 4.61. The number of aliphatic hydroxyl groups excluding tert-OH is 1. The van der Waals surface area contributed by atoms with E-state index in [2.05, 4.69) is 42.6 Å². The molecular weight excluding hydrogens is 496 g/mol. The molecule has 1 fully saturated rings. The molecule has 2 aliphatic rings. The van der Waals surface area contributed by atoms with Crippen molar-refractivity contribution in [3.63, 3.8) is 0 Å². The molecule has 11 nitrogen and oxygen atoms in total. The SMILES string of the molecule is O=C(NC(O)Cn1cnc2c(N3CCC(c4ccc5c(n4)NCCC5)CC3)ncnc21)OCc1ccccc1. The van der Waals surface area contributed by atoms with Crippen molar-refractivity contribution in [3.8, 4) is 0 Å². The summed E-state index contributed by atoms with van der Waals surface area (Å²) < 4.78 is 6.90. The van der Waals surface area contributed by atoms with E-state index in [1.165, 1.54) is 11.9 Å².